The molecule has 1 atom stereocenters. The SMILES string of the molecule is CC1(COc2ccccc2)OC12CC2. The van der Waals surface area contributed by atoms with E-state index < -0.39 is 0 Å². The molecule has 0 N–H and O–H groups in total. The maximum Gasteiger partial charge on any atom is 0.129 e. The topological polar surface area (TPSA) is 21.8 Å². The minimum atomic E-state index is -0.0111. The lowest BCUT2D eigenvalue weighted by atomic mass is 10.1. The molecule has 1 aromatic carbocycles. The molecule has 3 rings (SSSR count). The van der Waals surface area contributed by atoms with Gasteiger partial charge in [0.15, 0.2) is 0 Å². The summed E-state index contributed by atoms with van der Waals surface area (Å²) in [5.41, 5.74) is 0.199. The summed E-state index contributed by atoms with van der Waals surface area (Å²) < 4.78 is 11.4. The maximum atomic E-state index is 5.70. The van der Waals surface area contributed by atoms with Gasteiger partial charge in [0.1, 0.15) is 23.6 Å². The fourth-order valence-electron chi connectivity index (χ4n) is 2.05. The van der Waals surface area contributed by atoms with Crippen LogP contribution in [0.2, 0.25) is 0 Å². The molecule has 0 aromatic heterocycles. The molecule has 1 unspecified atom stereocenters. The Morgan fingerprint density at radius 1 is 1.29 bits per heavy atom. The highest BCUT2D eigenvalue weighted by molar-refractivity contribution is 5.25. The zero-order valence-corrected chi connectivity index (χ0v) is 8.32. The van der Waals surface area contributed by atoms with Crippen molar-refractivity contribution in [2.45, 2.75) is 31.0 Å². The summed E-state index contributed by atoms with van der Waals surface area (Å²) in [4.78, 5) is 0. The number of rotatable bonds is 3. The molecule has 1 saturated carbocycles. The quantitative estimate of drug-likeness (QED) is 0.682. The van der Waals surface area contributed by atoms with Crippen molar-refractivity contribution >= 4 is 0 Å². The minimum absolute atomic E-state index is 0.0111. The Hall–Kier alpha value is -1.02. The van der Waals surface area contributed by atoms with E-state index in [1.165, 1.54) is 12.8 Å². The second-order valence-electron chi connectivity index (χ2n) is 4.43. The van der Waals surface area contributed by atoms with Gasteiger partial charge in [-0.2, -0.15) is 0 Å². The maximum absolute atomic E-state index is 5.70. The predicted molar refractivity (Wildman–Crippen MR) is 53.4 cm³/mol. The van der Waals surface area contributed by atoms with Crippen molar-refractivity contribution in [2.75, 3.05) is 6.61 Å². The first kappa shape index (κ1) is 8.30. The van der Waals surface area contributed by atoms with Crippen LogP contribution in [0.5, 0.6) is 5.75 Å². The van der Waals surface area contributed by atoms with Gasteiger partial charge in [-0.3, -0.25) is 0 Å². The lowest BCUT2D eigenvalue weighted by Gasteiger charge is -2.08. The molecule has 2 nitrogen and oxygen atoms in total. The fourth-order valence-corrected chi connectivity index (χ4v) is 2.05. The number of hydrogen-bond donors (Lipinski definition) is 0. The van der Waals surface area contributed by atoms with Gasteiger partial charge in [0, 0.05) is 0 Å². The fraction of sp³-hybridized carbons (Fsp3) is 0.500. The predicted octanol–water partition coefficient (Wildman–Crippen LogP) is 2.39. The first-order valence-corrected chi connectivity index (χ1v) is 5.12. The van der Waals surface area contributed by atoms with Crippen molar-refractivity contribution in [3.05, 3.63) is 30.3 Å². The molecule has 1 aromatic rings. The van der Waals surface area contributed by atoms with E-state index in [-0.39, 0.29) is 11.2 Å². The van der Waals surface area contributed by atoms with E-state index >= 15 is 0 Å². The van der Waals surface area contributed by atoms with Gasteiger partial charge in [-0.1, -0.05) is 18.2 Å². The van der Waals surface area contributed by atoms with Crippen molar-refractivity contribution in [1.82, 2.24) is 0 Å². The number of ether oxygens (including phenoxy) is 2. The van der Waals surface area contributed by atoms with Crippen LogP contribution >= 0.6 is 0 Å². The second kappa shape index (κ2) is 2.51. The summed E-state index contributed by atoms with van der Waals surface area (Å²) in [6.45, 7) is 2.82. The van der Waals surface area contributed by atoms with Crippen molar-refractivity contribution in [3.8, 4) is 5.75 Å². The molecule has 1 aliphatic heterocycles. The third kappa shape index (κ3) is 1.14. The third-order valence-corrected chi connectivity index (χ3v) is 3.30. The highest BCUT2D eigenvalue weighted by Crippen LogP contribution is 2.64. The van der Waals surface area contributed by atoms with Gasteiger partial charge in [0.05, 0.1) is 0 Å². The molecule has 0 amide bonds. The Morgan fingerprint density at radius 3 is 2.57 bits per heavy atom. The van der Waals surface area contributed by atoms with Gasteiger partial charge < -0.3 is 9.47 Å². The van der Waals surface area contributed by atoms with Crippen molar-refractivity contribution in [1.29, 1.82) is 0 Å². The van der Waals surface area contributed by atoms with Crippen LogP contribution in [0.25, 0.3) is 0 Å². The van der Waals surface area contributed by atoms with E-state index in [0.29, 0.717) is 6.61 Å². The summed E-state index contributed by atoms with van der Waals surface area (Å²) in [5, 5.41) is 0. The lowest BCUT2D eigenvalue weighted by Crippen LogP contribution is -2.21. The Bertz CT molecular complexity index is 343. The summed E-state index contributed by atoms with van der Waals surface area (Å²) in [7, 11) is 0. The summed E-state index contributed by atoms with van der Waals surface area (Å²) in [5.74, 6) is 0.931. The number of para-hydroxylation sites is 1. The average molecular weight is 190 g/mol. The smallest absolute Gasteiger partial charge is 0.129 e. The van der Waals surface area contributed by atoms with Gasteiger partial charge in [0.25, 0.3) is 0 Å². The molecule has 14 heavy (non-hydrogen) atoms. The minimum Gasteiger partial charge on any atom is -0.490 e. The second-order valence-corrected chi connectivity index (χ2v) is 4.43. The van der Waals surface area contributed by atoms with Gasteiger partial charge >= 0.3 is 0 Å². The largest absolute Gasteiger partial charge is 0.490 e. The summed E-state index contributed by atoms with van der Waals surface area (Å²) in [6.07, 6.45) is 2.42. The summed E-state index contributed by atoms with van der Waals surface area (Å²) in [6, 6.07) is 9.91. The van der Waals surface area contributed by atoms with Gasteiger partial charge in [0.2, 0.25) is 0 Å². The Labute approximate surface area is 83.8 Å². The van der Waals surface area contributed by atoms with Crippen LogP contribution in [0.1, 0.15) is 19.8 Å². The highest BCUT2D eigenvalue weighted by atomic mass is 16.7. The molecule has 1 spiro atoms. The van der Waals surface area contributed by atoms with E-state index in [9.17, 15) is 0 Å². The van der Waals surface area contributed by atoms with Crippen LogP contribution in [-0.2, 0) is 4.74 Å². The molecule has 0 radical (unpaired) electrons. The zero-order valence-electron chi connectivity index (χ0n) is 8.32. The van der Waals surface area contributed by atoms with Gasteiger partial charge in [-0.25, -0.2) is 0 Å². The zero-order chi connectivity index (χ0) is 9.65. The molecule has 2 fully saturated rings. The third-order valence-electron chi connectivity index (χ3n) is 3.30. The lowest BCUT2D eigenvalue weighted by molar-refractivity contribution is 0.201. The van der Waals surface area contributed by atoms with Crippen molar-refractivity contribution in [3.63, 3.8) is 0 Å². The van der Waals surface area contributed by atoms with Crippen LogP contribution in [0.15, 0.2) is 30.3 Å². The van der Waals surface area contributed by atoms with Gasteiger partial charge in [-0.15, -0.1) is 0 Å². The molecule has 74 valence electrons. The molecule has 1 aliphatic carbocycles. The number of benzene rings is 1. The summed E-state index contributed by atoms with van der Waals surface area (Å²) >= 11 is 0. The van der Waals surface area contributed by atoms with E-state index in [1.54, 1.807) is 0 Å². The van der Waals surface area contributed by atoms with E-state index in [4.69, 9.17) is 9.47 Å². The van der Waals surface area contributed by atoms with E-state index in [2.05, 4.69) is 6.92 Å². The molecule has 1 saturated heterocycles. The molecule has 1 heterocycles. The molecular formula is C12H14O2. The average Bonchev–Trinajstić information content (AvgIpc) is 3.08. The molecular weight excluding hydrogens is 176 g/mol. The molecule has 0 bridgehead atoms. The van der Waals surface area contributed by atoms with Crippen molar-refractivity contribution < 1.29 is 9.47 Å². The molecule has 2 aliphatic rings. The first-order chi connectivity index (χ1) is 6.74. The highest BCUT2D eigenvalue weighted by Gasteiger charge is 2.74. The van der Waals surface area contributed by atoms with Crippen molar-refractivity contribution in [2.24, 2.45) is 0 Å². The van der Waals surface area contributed by atoms with Crippen LogP contribution in [0.4, 0.5) is 0 Å². The van der Waals surface area contributed by atoms with Crippen LogP contribution in [-0.4, -0.2) is 17.8 Å². The van der Waals surface area contributed by atoms with Crippen LogP contribution in [0, 0.1) is 0 Å². The van der Waals surface area contributed by atoms with Gasteiger partial charge in [-0.05, 0) is 31.9 Å². The normalized spacial score (nSPS) is 31.5. The van der Waals surface area contributed by atoms with E-state index in [0.717, 1.165) is 5.75 Å². The van der Waals surface area contributed by atoms with Crippen LogP contribution < -0.4 is 4.74 Å². The first-order valence-electron chi connectivity index (χ1n) is 5.12. The Kier molecular flexibility index (Phi) is 1.49. The van der Waals surface area contributed by atoms with E-state index in [1.807, 2.05) is 30.3 Å². The number of epoxide rings is 1. The standard InChI is InChI=1S/C12H14O2/c1-11(12(14-11)7-8-12)9-13-10-5-3-2-4-6-10/h2-6H,7-9H2,1H3. The molecule has 2 heteroatoms. The monoisotopic (exact) mass is 190 g/mol. The Balaban J connectivity index is 1.60. The number of hydrogen-bond acceptors (Lipinski definition) is 2. The Morgan fingerprint density at radius 2 is 2.00 bits per heavy atom. The van der Waals surface area contributed by atoms with Crippen LogP contribution in [0.3, 0.4) is 0 Å².